The lowest BCUT2D eigenvalue weighted by molar-refractivity contribution is -0.136. The third-order valence-corrected chi connectivity index (χ3v) is 4.21. The van der Waals surface area contributed by atoms with Crippen LogP contribution in [0.1, 0.15) is 24.1 Å². The molecule has 3 nitrogen and oxygen atoms in total. The second-order valence-corrected chi connectivity index (χ2v) is 6.32. The van der Waals surface area contributed by atoms with Crippen molar-refractivity contribution in [3.63, 3.8) is 0 Å². The lowest BCUT2D eigenvalue weighted by Crippen LogP contribution is -2.13. The van der Waals surface area contributed by atoms with Crippen LogP contribution in [0.5, 0.6) is 0 Å². The number of aromatic nitrogens is 1. The Morgan fingerprint density at radius 1 is 1.38 bits per heavy atom. The summed E-state index contributed by atoms with van der Waals surface area (Å²) in [4.78, 5) is 0. The van der Waals surface area contributed by atoms with E-state index in [0.717, 1.165) is 0 Å². The topological polar surface area (TPSA) is 45.8 Å². The Labute approximate surface area is 122 Å². The van der Waals surface area contributed by atoms with Crippen molar-refractivity contribution < 1.29 is 17.4 Å². The zero-order valence-electron chi connectivity index (χ0n) is 11.4. The van der Waals surface area contributed by atoms with Crippen molar-refractivity contribution in [1.82, 2.24) is 4.57 Å². The van der Waals surface area contributed by atoms with Gasteiger partial charge in [-0.1, -0.05) is 0 Å². The SMILES string of the molecule is C[C@H](CS(C)=O)n1ccc2c(C(F)(F)F)c(C#N)ccc21. The van der Waals surface area contributed by atoms with Gasteiger partial charge in [0.05, 0.1) is 17.2 Å². The molecule has 0 aliphatic heterocycles. The summed E-state index contributed by atoms with van der Waals surface area (Å²) in [5.41, 5.74) is -0.912. The van der Waals surface area contributed by atoms with Gasteiger partial charge >= 0.3 is 6.18 Å². The minimum absolute atomic E-state index is 0.00437. The van der Waals surface area contributed by atoms with Gasteiger partial charge in [-0.25, -0.2) is 0 Å². The van der Waals surface area contributed by atoms with Crippen molar-refractivity contribution in [1.29, 1.82) is 5.26 Å². The number of nitrogens with zero attached hydrogens (tertiary/aromatic N) is 2. The first-order valence-corrected chi connectivity index (χ1v) is 7.89. The third kappa shape index (κ3) is 2.95. The summed E-state index contributed by atoms with van der Waals surface area (Å²) in [6.45, 7) is 1.80. The van der Waals surface area contributed by atoms with Gasteiger partial charge in [-0.05, 0) is 25.1 Å². The quantitative estimate of drug-likeness (QED) is 0.871. The molecule has 0 saturated carbocycles. The van der Waals surface area contributed by atoms with E-state index < -0.39 is 22.5 Å². The van der Waals surface area contributed by atoms with Crippen LogP contribution in [-0.2, 0) is 17.0 Å². The zero-order valence-corrected chi connectivity index (χ0v) is 12.3. The van der Waals surface area contributed by atoms with Gasteiger partial charge in [-0.2, -0.15) is 18.4 Å². The smallest absolute Gasteiger partial charge is 0.344 e. The molecule has 112 valence electrons. The lowest BCUT2D eigenvalue weighted by Gasteiger charge is -2.15. The number of hydrogen-bond acceptors (Lipinski definition) is 2. The molecule has 2 rings (SSSR count). The number of hydrogen-bond donors (Lipinski definition) is 0. The molecule has 0 bridgehead atoms. The van der Waals surface area contributed by atoms with Gasteiger partial charge in [0.2, 0.25) is 0 Å². The Bertz CT molecular complexity index is 743. The van der Waals surface area contributed by atoms with Crippen LogP contribution in [0.25, 0.3) is 10.9 Å². The monoisotopic (exact) mass is 314 g/mol. The maximum atomic E-state index is 13.2. The van der Waals surface area contributed by atoms with Crippen LogP contribution < -0.4 is 0 Å². The van der Waals surface area contributed by atoms with E-state index in [1.54, 1.807) is 30.0 Å². The maximum absolute atomic E-state index is 13.2. The van der Waals surface area contributed by atoms with Gasteiger partial charge in [0, 0.05) is 45.9 Å². The highest BCUT2D eigenvalue weighted by molar-refractivity contribution is 7.84. The second kappa shape index (κ2) is 5.53. The first-order valence-electron chi connectivity index (χ1n) is 6.16. The number of nitriles is 1. The molecule has 0 N–H and O–H groups in total. The highest BCUT2D eigenvalue weighted by atomic mass is 32.2. The Hall–Kier alpha value is -1.81. The van der Waals surface area contributed by atoms with Gasteiger partial charge < -0.3 is 4.57 Å². The summed E-state index contributed by atoms with van der Waals surface area (Å²) in [5, 5.41) is 8.87. The molecule has 0 aliphatic carbocycles. The molecule has 21 heavy (non-hydrogen) atoms. The molecular weight excluding hydrogens is 301 g/mol. The number of alkyl halides is 3. The van der Waals surface area contributed by atoms with E-state index in [1.165, 1.54) is 18.2 Å². The molecule has 2 atom stereocenters. The maximum Gasteiger partial charge on any atom is 0.418 e. The summed E-state index contributed by atoms with van der Waals surface area (Å²) in [7, 11) is -1.05. The summed E-state index contributed by atoms with van der Waals surface area (Å²) < 4.78 is 52.5. The Kier molecular flexibility index (Phi) is 4.10. The van der Waals surface area contributed by atoms with Crippen LogP contribution >= 0.6 is 0 Å². The van der Waals surface area contributed by atoms with Crippen molar-refractivity contribution in [2.45, 2.75) is 19.1 Å². The normalized spacial score (nSPS) is 14.9. The van der Waals surface area contributed by atoms with Gasteiger partial charge in [-0.3, -0.25) is 4.21 Å². The van der Waals surface area contributed by atoms with Crippen LogP contribution in [0.3, 0.4) is 0 Å². The zero-order chi connectivity index (χ0) is 15.8. The van der Waals surface area contributed by atoms with E-state index in [4.69, 9.17) is 5.26 Å². The first-order chi connectivity index (χ1) is 9.75. The van der Waals surface area contributed by atoms with E-state index in [9.17, 15) is 17.4 Å². The number of benzene rings is 1. The molecule has 1 heterocycles. The highest BCUT2D eigenvalue weighted by Crippen LogP contribution is 2.38. The molecule has 0 aliphatic rings. The lowest BCUT2D eigenvalue weighted by atomic mass is 10.0. The van der Waals surface area contributed by atoms with E-state index in [2.05, 4.69) is 0 Å². The minimum atomic E-state index is -4.59. The fraction of sp³-hybridized carbons (Fsp3) is 0.357. The Morgan fingerprint density at radius 2 is 2.05 bits per heavy atom. The van der Waals surface area contributed by atoms with Crippen molar-refractivity contribution in [2.75, 3.05) is 12.0 Å². The number of halogens is 3. The molecule has 1 aromatic heterocycles. The van der Waals surface area contributed by atoms with Gasteiger partial charge in [0.1, 0.15) is 0 Å². The predicted octanol–water partition coefficient (Wildman–Crippen LogP) is 3.47. The second-order valence-electron chi connectivity index (χ2n) is 4.84. The number of fused-ring (bicyclic) bond motifs is 1. The third-order valence-electron chi connectivity index (χ3n) is 3.26. The molecule has 0 fully saturated rings. The van der Waals surface area contributed by atoms with Crippen LogP contribution in [-0.4, -0.2) is 20.8 Å². The molecular formula is C14H13F3N2OS. The van der Waals surface area contributed by atoms with Crippen molar-refractivity contribution in [2.24, 2.45) is 0 Å². The average Bonchev–Trinajstić information content (AvgIpc) is 2.78. The molecule has 0 spiro atoms. The van der Waals surface area contributed by atoms with Gasteiger partial charge in [0.25, 0.3) is 0 Å². The fourth-order valence-electron chi connectivity index (χ4n) is 2.44. The Morgan fingerprint density at radius 3 is 2.57 bits per heavy atom. The standard InChI is InChI=1S/C14H13F3N2OS/c1-9(8-21(2)20)19-6-5-11-12(19)4-3-10(7-18)13(11)14(15,16)17/h3-6,9H,8H2,1-2H3/t9-,21?/m1/s1. The van der Waals surface area contributed by atoms with Crippen LogP contribution in [0, 0.1) is 11.3 Å². The van der Waals surface area contributed by atoms with E-state index in [-0.39, 0.29) is 17.0 Å². The van der Waals surface area contributed by atoms with Crippen molar-refractivity contribution in [3.05, 3.63) is 35.5 Å². The fourth-order valence-corrected chi connectivity index (χ4v) is 3.28. The molecule has 1 unspecified atom stereocenters. The van der Waals surface area contributed by atoms with Crippen LogP contribution in [0.4, 0.5) is 13.2 Å². The van der Waals surface area contributed by atoms with Crippen molar-refractivity contribution >= 4 is 21.7 Å². The molecule has 0 radical (unpaired) electrons. The van der Waals surface area contributed by atoms with E-state index in [1.807, 2.05) is 0 Å². The molecule has 0 amide bonds. The van der Waals surface area contributed by atoms with Crippen LogP contribution in [0.15, 0.2) is 24.4 Å². The predicted molar refractivity (Wildman–Crippen MR) is 75.3 cm³/mol. The highest BCUT2D eigenvalue weighted by Gasteiger charge is 2.36. The molecule has 7 heteroatoms. The number of rotatable bonds is 3. The molecule has 1 aromatic carbocycles. The summed E-state index contributed by atoms with van der Waals surface area (Å²) in [6.07, 6.45) is -1.50. The van der Waals surface area contributed by atoms with Gasteiger partial charge in [-0.15, -0.1) is 0 Å². The van der Waals surface area contributed by atoms with Crippen LogP contribution in [0.2, 0.25) is 0 Å². The minimum Gasteiger partial charge on any atom is -0.344 e. The summed E-state index contributed by atoms with van der Waals surface area (Å²) >= 11 is 0. The van der Waals surface area contributed by atoms with E-state index >= 15 is 0 Å². The average molecular weight is 314 g/mol. The molecule has 2 aromatic rings. The van der Waals surface area contributed by atoms with E-state index in [0.29, 0.717) is 11.3 Å². The Balaban J connectivity index is 2.67. The summed E-state index contributed by atoms with van der Waals surface area (Å²) in [6, 6.07) is 5.43. The largest absolute Gasteiger partial charge is 0.418 e. The first kappa shape index (κ1) is 15.6. The van der Waals surface area contributed by atoms with Crippen molar-refractivity contribution in [3.8, 4) is 6.07 Å². The molecule has 0 saturated heterocycles. The van der Waals surface area contributed by atoms with Gasteiger partial charge in [0.15, 0.2) is 0 Å². The summed E-state index contributed by atoms with van der Waals surface area (Å²) in [5.74, 6) is 0.352.